The molecule has 0 radical (unpaired) electrons. The van der Waals surface area contributed by atoms with Crippen LogP contribution in [0.2, 0.25) is 0 Å². The van der Waals surface area contributed by atoms with Gasteiger partial charge in [-0.1, -0.05) is 18.9 Å². The smallest absolute Gasteiger partial charge is 0.252 e. The molecule has 3 N–H and O–H groups in total. The lowest BCUT2D eigenvalue weighted by molar-refractivity contribution is 0.0936. The minimum absolute atomic E-state index is 0.0580. The molecule has 0 spiro atoms. The molecule has 0 aliphatic heterocycles. The molecular weight excluding hydrogens is 280 g/mol. The number of carbonyl (C=O) groups is 1. The quantitative estimate of drug-likeness (QED) is 0.840. The molecule has 2 rings (SSSR count). The molecule has 1 saturated carbocycles. The van der Waals surface area contributed by atoms with Crippen LogP contribution in [0.5, 0.6) is 0 Å². The van der Waals surface area contributed by atoms with Gasteiger partial charge in [0.1, 0.15) is 0 Å². The molecule has 0 bridgehead atoms. The van der Waals surface area contributed by atoms with Crippen LogP contribution in [-0.2, 0) is 0 Å². The Labute approximate surface area is 110 Å². The van der Waals surface area contributed by atoms with Crippen molar-refractivity contribution in [3.63, 3.8) is 0 Å². The predicted octanol–water partition coefficient (Wildman–Crippen LogP) is 2.95. The zero-order chi connectivity index (χ0) is 12.4. The van der Waals surface area contributed by atoms with E-state index in [9.17, 15) is 4.79 Å². The topological polar surface area (TPSA) is 55.1 Å². The van der Waals surface area contributed by atoms with Gasteiger partial charge < -0.3 is 11.1 Å². The summed E-state index contributed by atoms with van der Waals surface area (Å²) in [6.45, 7) is 2.05. The lowest BCUT2D eigenvalue weighted by atomic mass is 10.1. The molecule has 17 heavy (non-hydrogen) atoms. The van der Waals surface area contributed by atoms with Crippen molar-refractivity contribution in [3.05, 3.63) is 28.2 Å². The lowest BCUT2D eigenvalue weighted by Crippen LogP contribution is -2.33. The molecule has 1 aromatic rings. The summed E-state index contributed by atoms with van der Waals surface area (Å²) < 4.78 is 0.677. The summed E-state index contributed by atoms with van der Waals surface area (Å²) in [5.74, 6) is 0.756. The molecule has 1 unspecified atom stereocenters. The van der Waals surface area contributed by atoms with Crippen LogP contribution in [0.3, 0.4) is 0 Å². The number of rotatable bonds is 4. The van der Waals surface area contributed by atoms with Gasteiger partial charge in [-0.3, -0.25) is 4.79 Å². The highest BCUT2D eigenvalue weighted by Gasteiger charge is 2.24. The molecule has 3 nitrogen and oxygen atoms in total. The summed E-state index contributed by atoms with van der Waals surface area (Å²) >= 11 is 3.35. The Morgan fingerprint density at radius 1 is 1.59 bits per heavy atom. The first-order chi connectivity index (χ1) is 8.08. The second-order valence-corrected chi connectivity index (χ2v) is 5.56. The number of anilines is 1. The van der Waals surface area contributed by atoms with Gasteiger partial charge in [0.25, 0.3) is 5.91 Å². The van der Waals surface area contributed by atoms with Crippen molar-refractivity contribution in [1.82, 2.24) is 5.32 Å². The number of nitrogen functional groups attached to an aromatic ring is 1. The Kier molecular flexibility index (Phi) is 3.72. The van der Waals surface area contributed by atoms with Crippen LogP contribution < -0.4 is 11.1 Å². The second-order valence-electron chi connectivity index (χ2n) is 4.76. The second kappa shape index (κ2) is 5.08. The number of amides is 1. The van der Waals surface area contributed by atoms with Crippen LogP contribution in [0.25, 0.3) is 0 Å². The zero-order valence-corrected chi connectivity index (χ0v) is 11.5. The number of benzene rings is 1. The Balaban J connectivity index is 2.00. The number of hydrogen-bond acceptors (Lipinski definition) is 2. The number of nitrogens with one attached hydrogen (secondary N) is 1. The molecule has 1 fully saturated rings. The van der Waals surface area contributed by atoms with Gasteiger partial charge in [0, 0.05) is 11.7 Å². The first kappa shape index (κ1) is 12.4. The van der Waals surface area contributed by atoms with Crippen molar-refractivity contribution in [2.75, 3.05) is 5.73 Å². The SMILES string of the molecule is CC(CC1CC1)NC(=O)c1cccc(N)c1Br. The van der Waals surface area contributed by atoms with Crippen LogP contribution in [0, 0.1) is 5.92 Å². The average Bonchev–Trinajstić information content (AvgIpc) is 3.05. The highest BCUT2D eigenvalue weighted by atomic mass is 79.9. The van der Waals surface area contributed by atoms with E-state index in [1.54, 1.807) is 18.2 Å². The van der Waals surface area contributed by atoms with E-state index in [2.05, 4.69) is 28.2 Å². The Morgan fingerprint density at radius 3 is 2.94 bits per heavy atom. The average molecular weight is 297 g/mol. The molecule has 92 valence electrons. The Bertz CT molecular complexity index is 429. The number of nitrogens with two attached hydrogens (primary N) is 1. The molecule has 1 amide bonds. The van der Waals surface area contributed by atoms with E-state index >= 15 is 0 Å². The van der Waals surface area contributed by atoms with Crippen LogP contribution in [0.15, 0.2) is 22.7 Å². The van der Waals surface area contributed by atoms with Crippen LogP contribution in [0.1, 0.15) is 36.5 Å². The highest BCUT2D eigenvalue weighted by molar-refractivity contribution is 9.10. The van der Waals surface area contributed by atoms with Gasteiger partial charge in [-0.05, 0) is 47.3 Å². The van der Waals surface area contributed by atoms with Gasteiger partial charge in [-0.15, -0.1) is 0 Å². The van der Waals surface area contributed by atoms with Gasteiger partial charge >= 0.3 is 0 Å². The van der Waals surface area contributed by atoms with Crippen molar-refractivity contribution < 1.29 is 4.79 Å². The van der Waals surface area contributed by atoms with Crippen molar-refractivity contribution in [2.45, 2.75) is 32.2 Å². The number of carbonyl (C=O) groups excluding carboxylic acids is 1. The third kappa shape index (κ3) is 3.22. The van der Waals surface area contributed by atoms with Crippen LogP contribution in [-0.4, -0.2) is 11.9 Å². The number of halogens is 1. The molecule has 4 heteroatoms. The largest absolute Gasteiger partial charge is 0.398 e. The molecular formula is C13H17BrN2O. The maximum Gasteiger partial charge on any atom is 0.252 e. The van der Waals surface area contributed by atoms with Gasteiger partial charge in [0.2, 0.25) is 0 Å². The van der Waals surface area contributed by atoms with Gasteiger partial charge in [0.15, 0.2) is 0 Å². The van der Waals surface area contributed by atoms with Crippen molar-refractivity contribution in [3.8, 4) is 0 Å². The van der Waals surface area contributed by atoms with E-state index in [1.165, 1.54) is 12.8 Å². The van der Waals surface area contributed by atoms with Crippen molar-refractivity contribution in [2.24, 2.45) is 5.92 Å². The summed E-state index contributed by atoms with van der Waals surface area (Å²) in [6, 6.07) is 5.57. The molecule has 0 heterocycles. The van der Waals surface area contributed by atoms with E-state index in [0.717, 1.165) is 12.3 Å². The molecule has 1 aliphatic rings. The maximum atomic E-state index is 12.0. The monoisotopic (exact) mass is 296 g/mol. The van der Waals surface area contributed by atoms with Crippen LogP contribution >= 0.6 is 15.9 Å². The van der Waals surface area contributed by atoms with E-state index in [0.29, 0.717) is 15.7 Å². The fourth-order valence-electron chi connectivity index (χ4n) is 1.94. The third-order valence-electron chi connectivity index (χ3n) is 3.03. The van der Waals surface area contributed by atoms with E-state index < -0.39 is 0 Å². The zero-order valence-electron chi connectivity index (χ0n) is 9.87. The highest BCUT2D eigenvalue weighted by Crippen LogP contribution is 2.33. The summed E-state index contributed by atoms with van der Waals surface area (Å²) in [4.78, 5) is 12.0. The fraction of sp³-hybridized carbons (Fsp3) is 0.462. The molecule has 1 aromatic carbocycles. The van der Waals surface area contributed by atoms with Gasteiger partial charge in [-0.25, -0.2) is 0 Å². The molecule has 1 atom stereocenters. The Morgan fingerprint density at radius 2 is 2.29 bits per heavy atom. The molecule has 0 saturated heterocycles. The van der Waals surface area contributed by atoms with Crippen molar-refractivity contribution >= 4 is 27.5 Å². The minimum atomic E-state index is -0.0580. The first-order valence-electron chi connectivity index (χ1n) is 5.92. The van der Waals surface area contributed by atoms with E-state index in [1.807, 2.05) is 0 Å². The summed E-state index contributed by atoms with van der Waals surface area (Å²) in [5.41, 5.74) is 6.95. The summed E-state index contributed by atoms with van der Waals surface area (Å²) in [6.07, 6.45) is 3.69. The minimum Gasteiger partial charge on any atom is -0.398 e. The van der Waals surface area contributed by atoms with Gasteiger partial charge in [0.05, 0.1) is 10.0 Å². The van der Waals surface area contributed by atoms with E-state index in [4.69, 9.17) is 5.73 Å². The summed E-state index contributed by atoms with van der Waals surface area (Å²) in [5, 5.41) is 3.01. The molecule has 0 aromatic heterocycles. The van der Waals surface area contributed by atoms with Crippen LogP contribution in [0.4, 0.5) is 5.69 Å². The third-order valence-corrected chi connectivity index (χ3v) is 3.92. The summed E-state index contributed by atoms with van der Waals surface area (Å²) in [7, 11) is 0. The Hall–Kier alpha value is -1.03. The van der Waals surface area contributed by atoms with Crippen molar-refractivity contribution in [1.29, 1.82) is 0 Å². The lowest BCUT2D eigenvalue weighted by Gasteiger charge is -2.14. The predicted molar refractivity (Wildman–Crippen MR) is 72.8 cm³/mol. The van der Waals surface area contributed by atoms with E-state index in [-0.39, 0.29) is 11.9 Å². The standard InChI is InChI=1S/C13H17BrN2O/c1-8(7-9-5-6-9)16-13(17)10-3-2-4-11(15)12(10)14/h2-4,8-9H,5-7,15H2,1H3,(H,16,17). The first-order valence-corrected chi connectivity index (χ1v) is 6.72. The normalized spacial score (nSPS) is 16.6. The number of hydrogen-bond donors (Lipinski definition) is 2. The fourth-order valence-corrected chi connectivity index (χ4v) is 2.38. The molecule has 1 aliphatic carbocycles. The van der Waals surface area contributed by atoms with Gasteiger partial charge in [-0.2, -0.15) is 0 Å². The maximum absolute atomic E-state index is 12.0.